The van der Waals surface area contributed by atoms with Crippen LogP contribution in [-0.4, -0.2) is 11.2 Å². The first-order valence-electron chi connectivity index (χ1n) is 10.9. The molecule has 1 nitrogen and oxygen atoms in total. The molecule has 1 N–H and O–H groups in total. The van der Waals surface area contributed by atoms with Crippen LogP contribution in [-0.2, 0) is 0 Å². The summed E-state index contributed by atoms with van der Waals surface area (Å²) in [6, 6.07) is 0. The van der Waals surface area contributed by atoms with E-state index in [0.29, 0.717) is 10.8 Å². The van der Waals surface area contributed by atoms with Crippen LogP contribution in [0.15, 0.2) is 23.8 Å². The van der Waals surface area contributed by atoms with Crippen molar-refractivity contribution in [2.24, 2.45) is 34.5 Å². The average molecular weight is 345 g/mol. The van der Waals surface area contributed by atoms with Crippen molar-refractivity contribution in [2.75, 3.05) is 0 Å². The average Bonchev–Trinajstić information content (AvgIpc) is 2.95. The van der Waals surface area contributed by atoms with E-state index in [1.807, 2.05) is 13.8 Å². The fraction of sp³-hybridized carbons (Fsp3) is 0.833. The largest absolute Gasteiger partial charge is 0.389 e. The van der Waals surface area contributed by atoms with Gasteiger partial charge in [-0.15, -0.1) is 0 Å². The Hall–Kier alpha value is -0.560. The Morgan fingerprint density at radius 1 is 1.04 bits per heavy atom. The normalized spacial score (nSPS) is 48.2. The van der Waals surface area contributed by atoms with E-state index in [0.717, 1.165) is 30.1 Å². The van der Waals surface area contributed by atoms with Crippen LogP contribution in [0.25, 0.3) is 0 Å². The Morgan fingerprint density at radius 3 is 2.44 bits per heavy atom. The number of allylic oxidation sites excluding steroid dienone is 2. The highest BCUT2D eigenvalue weighted by Crippen LogP contribution is 2.67. The van der Waals surface area contributed by atoms with Crippen molar-refractivity contribution in [3.8, 4) is 0 Å². The van der Waals surface area contributed by atoms with Crippen LogP contribution in [0.1, 0.15) is 86.0 Å². The van der Waals surface area contributed by atoms with Crippen molar-refractivity contribution in [3.05, 3.63) is 23.8 Å². The van der Waals surface area contributed by atoms with Crippen LogP contribution < -0.4 is 0 Å². The highest BCUT2D eigenvalue weighted by molar-refractivity contribution is 5.26. The van der Waals surface area contributed by atoms with E-state index in [2.05, 4.69) is 33.4 Å². The van der Waals surface area contributed by atoms with E-state index >= 15 is 0 Å². The Balaban J connectivity index is 0.000000880. The predicted molar refractivity (Wildman–Crippen MR) is 107 cm³/mol. The molecule has 25 heavy (non-hydrogen) atoms. The third-order valence-electron chi connectivity index (χ3n) is 8.68. The van der Waals surface area contributed by atoms with E-state index in [1.54, 1.807) is 5.57 Å². The second-order valence-corrected chi connectivity index (χ2v) is 9.65. The Labute approximate surface area is 156 Å². The lowest BCUT2D eigenvalue weighted by Gasteiger charge is -2.58. The topological polar surface area (TPSA) is 20.2 Å². The molecule has 0 amide bonds. The maximum absolute atomic E-state index is 10.1. The van der Waals surface area contributed by atoms with Gasteiger partial charge in [0.15, 0.2) is 0 Å². The van der Waals surface area contributed by atoms with Gasteiger partial charge in [-0.1, -0.05) is 51.5 Å². The minimum atomic E-state index is -0.178. The van der Waals surface area contributed by atoms with Crippen molar-refractivity contribution in [2.45, 2.75) is 92.1 Å². The molecule has 7 unspecified atom stereocenters. The molecule has 1 heteroatoms. The van der Waals surface area contributed by atoms with Crippen LogP contribution in [0.3, 0.4) is 0 Å². The van der Waals surface area contributed by atoms with Gasteiger partial charge in [0, 0.05) is 0 Å². The van der Waals surface area contributed by atoms with Gasteiger partial charge in [-0.25, -0.2) is 0 Å². The summed E-state index contributed by atoms with van der Waals surface area (Å²) in [5.74, 6) is 3.44. The molecule has 3 saturated carbocycles. The van der Waals surface area contributed by atoms with E-state index in [4.69, 9.17) is 0 Å². The van der Waals surface area contributed by atoms with Crippen LogP contribution in [0.5, 0.6) is 0 Å². The molecule has 0 aromatic heterocycles. The molecule has 0 heterocycles. The summed E-state index contributed by atoms with van der Waals surface area (Å²) >= 11 is 0. The second kappa shape index (κ2) is 6.87. The summed E-state index contributed by atoms with van der Waals surface area (Å²) in [5.41, 5.74) is 3.91. The minimum absolute atomic E-state index is 0.178. The van der Waals surface area contributed by atoms with E-state index in [-0.39, 0.29) is 6.10 Å². The number of rotatable bonds is 1. The molecule has 4 aliphatic rings. The molecule has 0 aromatic carbocycles. The third kappa shape index (κ3) is 2.85. The molecule has 3 fully saturated rings. The van der Waals surface area contributed by atoms with Crippen LogP contribution in [0, 0.1) is 34.5 Å². The standard InChI is InChI=1S/C22H34O.C2H6/c1-14(2)18-7-8-19-17-6-5-15-13-16(23)9-11-21(15,3)20(17)10-12-22(18,19)4;1-2/h13,16-20,23H,1,5-12H2,2-4H3;1-2H3. The lowest BCUT2D eigenvalue weighted by molar-refractivity contribution is -0.0507. The highest BCUT2D eigenvalue weighted by Gasteiger charge is 2.58. The fourth-order valence-electron chi connectivity index (χ4n) is 7.52. The lowest BCUT2D eigenvalue weighted by Crippen LogP contribution is -2.50. The molecule has 0 bridgehead atoms. The zero-order valence-electron chi connectivity index (χ0n) is 17.3. The summed E-state index contributed by atoms with van der Waals surface area (Å²) in [5, 5.41) is 10.1. The van der Waals surface area contributed by atoms with Crippen LogP contribution >= 0.6 is 0 Å². The molecule has 7 atom stereocenters. The van der Waals surface area contributed by atoms with Crippen molar-refractivity contribution >= 4 is 0 Å². The quantitative estimate of drug-likeness (QED) is 0.536. The Morgan fingerprint density at radius 2 is 1.76 bits per heavy atom. The Kier molecular flexibility index (Phi) is 5.28. The second-order valence-electron chi connectivity index (χ2n) is 9.65. The molecule has 0 spiro atoms. The van der Waals surface area contributed by atoms with Gasteiger partial charge in [0.1, 0.15) is 0 Å². The molecular formula is C24H40O. The smallest absolute Gasteiger partial charge is 0.0724 e. The SMILES string of the molecule is C=C(C)C1CCC2C3CCC4=CC(O)CCC4(C)C3CCC12C.CC. The van der Waals surface area contributed by atoms with Crippen molar-refractivity contribution in [1.82, 2.24) is 0 Å². The molecule has 0 aliphatic heterocycles. The van der Waals surface area contributed by atoms with Gasteiger partial charge in [-0.05, 0) is 92.8 Å². The molecule has 4 rings (SSSR count). The van der Waals surface area contributed by atoms with Crippen molar-refractivity contribution < 1.29 is 5.11 Å². The lowest BCUT2D eigenvalue weighted by atomic mass is 9.46. The van der Waals surface area contributed by atoms with Crippen molar-refractivity contribution in [1.29, 1.82) is 0 Å². The van der Waals surface area contributed by atoms with Gasteiger partial charge in [0.25, 0.3) is 0 Å². The third-order valence-corrected chi connectivity index (χ3v) is 8.68. The monoisotopic (exact) mass is 344 g/mol. The fourth-order valence-corrected chi connectivity index (χ4v) is 7.52. The number of fused-ring (bicyclic) bond motifs is 5. The number of aliphatic hydroxyl groups is 1. The number of hydrogen-bond donors (Lipinski definition) is 1. The predicted octanol–water partition coefficient (Wildman–Crippen LogP) is 6.53. The van der Waals surface area contributed by atoms with Gasteiger partial charge in [0.05, 0.1) is 6.10 Å². The highest BCUT2D eigenvalue weighted by atomic mass is 16.3. The zero-order chi connectivity index (χ0) is 18.4. The van der Waals surface area contributed by atoms with Gasteiger partial charge >= 0.3 is 0 Å². The summed E-state index contributed by atoms with van der Waals surface area (Å²) in [6.07, 6.45) is 12.4. The van der Waals surface area contributed by atoms with Crippen molar-refractivity contribution in [3.63, 3.8) is 0 Å². The summed E-state index contributed by atoms with van der Waals surface area (Å²) in [7, 11) is 0. The Bertz CT molecular complexity index is 546. The van der Waals surface area contributed by atoms with E-state index in [9.17, 15) is 5.11 Å². The molecule has 4 aliphatic carbocycles. The van der Waals surface area contributed by atoms with E-state index in [1.165, 1.54) is 50.5 Å². The molecule has 0 radical (unpaired) electrons. The van der Waals surface area contributed by atoms with Gasteiger partial charge in [-0.3, -0.25) is 0 Å². The maximum atomic E-state index is 10.1. The molecule has 142 valence electrons. The molecular weight excluding hydrogens is 304 g/mol. The maximum Gasteiger partial charge on any atom is 0.0724 e. The van der Waals surface area contributed by atoms with Crippen LogP contribution in [0.2, 0.25) is 0 Å². The molecule has 0 saturated heterocycles. The van der Waals surface area contributed by atoms with E-state index < -0.39 is 0 Å². The van der Waals surface area contributed by atoms with Gasteiger partial charge in [-0.2, -0.15) is 0 Å². The van der Waals surface area contributed by atoms with Gasteiger partial charge < -0.3 is 5.11 Å². The molecule has 0 aromatic rings. The first-order valence-corrected chi connectivity index (χ1v) is 10.9. The summed E-state index contributed by atoms with van der Waals surface area (Å²) < 4.78 is 0. The number of hydrogen-bond acceptors (Lipinski definition) is 1. The zero-order valence-corrected chi connectivity index (χ0v) is 17.3. The van der Waals surface area contributed by atoms with Gasteiger partial charge in [0.2, 0.25) is 0 Å². The minimum Gasteiger partial charge on any atom is -0.389 e. The summed E-state index contributed by atoms with van der Waals surface area (Å²) in [6.45, 7) is 15.7. The van der Waals surface area contributed by atoms with Crippen LogP contribution in [0.4, 0.5) is 0 Å². The first kappa shape index (κ1) is 19.2. The first-order chi connectivity index (χ1) is 11.9. The number of aliphatic hydroxyl groups excluding tert-OH is 1. The summed E-state index contributed by atoms with van der Waals surface area (Å²) in [4.78, 5) is 0.